The molecular formula is C8H21NO3S. The summed E-state index contributed by atoms with van der Waals surface area (Å²) in [6.45, 7) is 2.05. The number of hydrogen-bond donors (Lipinski definition) is 2. The van der Waals surface area contributed by atoms with E-state index in [-0.39, 0.29) is 5.75 Å². The molecule has 4 nitrogen and oxygen atoms in total. The Bertz CT molecular complexity index is 178. The lowest BCUT2D eigenvalue weighted by Gasteiger charge is -1.95. The van der Waals surface area contributed by atoms with E-state index in [4.69, 9.17) is 4.55 Å². The Morgan fingerprint density at radius 2 is 1.62 bits per heavy atom. The summed E-state index contributed by atoms with van der Waals surface area (Å²) in [6.07, 6.45) is 3.57. The molecule has 0 aliphatic rings. The second-order valence-corrected chi connectivity index (χ2v) is 4.42. The summed E-state index contributed by atoms with van der Waals surface area (Å²) in [7, 11) is 0.0454. The van der Waals surface area contributed by atoms with Gasteiger partial charge in [-0.1, -0.05) is 26.2 Å². The van der Waals surface area contributed by atoms with E-state index in [1.165, 1.54) is 0 Å². The molecule has 0 aromatic heterocycles. The fourth-order valence-electron chi connectivity index (χ4n) is 0.711. The van der Waals surface area contributed by atoms with Crippen LogP contribution in [0.15, 0.2) is 0 Å². The van der Waals surface area contributed by atoms with Gasteiger partial charge in [0, 0.05) is 0 Å². The molecule has 0 aromatic rings. The van der Waals surface area contributed by atoms with Crippen molar-refractivity contribution in [3.63, 3.8) is 0 Å². The Morgan fingerprint density at radius 3 is 1.92 bits per heavy atom. The first-order valence-electron chi connectivity index (χ1n) is 4.51. The standard InChI is InChI=1S/C6H14O3S.C2H7N/c1-2-3-4-5-6-10(7,8)9;1-3-2/h2-6H2,1H3,(H,7,8,9);3H,1-2H3. The van der Waals surface area contributed by atoms with Crippen LogP contribution in [0.2, 0.25) is 0 Å². The van der Waals surface area contributed by atoms with E-state index in [1.54, 1.807) is 0 Å². The number of unbranched alkanes of at least 4 members (excludes halogenated alkanes) is 3. The Morgan fingerprint density at radius 1 is 1.15 bits per heavy atom. The molecule has 0 bridgehead atoms. The molecule has 0 aliphatic carbocycles. The predicted molar refractivity (Wildman–Crippen MR) is 55.5 cm³/mol. The van der Waals surface area contributed by atoms with E-state index in [1.807, 2.05) is 21.0 Å². The van der Waals surface area contributed by atoms with Crippen LogP contribution in [0.4, 0.5) is 0 Å². The topological polar surface area (TPSA) is 66.4 Å². The van der Waals surface area contributed by atoms with Crippen LogP contribution in [0.1, 0.15) is 32.6 Å². The first kappa shape index (κ1) is 15.3. The molecule has 0 aliphatic heterocycles. The van der Waals surface area contributed by atoms with Crippen LogP contribution < -0.4 is 5.32 Å². The molecule has 0 rings (SSSR count). The van der Waals surface area contributed by atoms with Crippen LogP contribution in [0.3, 0.4) is 0 Å². The molecule has 5 heteroatoms. The summed E-state index contributed by atoms with van der Waals surface area (Å²) >= 11 is 0. The molecule has 0 aromatic carbocycles. The zero-order chi connectivity index (χ0) is 10.7. The minimum absolute atomic E-state index is 0.0903. The van der Waals surface area contributed by atoms with E-state index in [0.717, 1.165) is 19.3 Å². The van der Waals surface area contributed by atoms with Gasteiger partial charge in [0.05, 0.1) is 5.75 Å². The number of rotatable bonds is 5. The lowest BCUT2D eigenvalue weighted by Crippen LogP contribution is -2.03. The minimum Gasteiger partial charge on any atom is -0.323 e. The lowest BCUT2D eigenvalue weighted by atomic mass is 10.2. The maximum absolute atomic E-state index is 10.1. The molecule has 2 N–H and O–H groups in total. The highest BCUT2D eigenvalue weighted by Gasteiger charge is 2.01. The zero-order valence-corrected chi connectivity index (χ0v) is 9.52. The number of nitrogens with one attached hydrogen (secondary N) is 1. The molecule has 0 spiro atoms. The van der Waals surface area contributed by atoms with Gasteiger partial charge >= 0.3 is 0 Å². The molecular weight excluding hydrogens is 190 g/mol. The van der Waals surface area contributed by atoms with E-state index in [0.29, 0.717) is 6.42 Å². The highest BCUT2D eigenvalue weighted by Crippen LogP contribution is 2.00. The molecule has 0 saturated heterocycles. The Labute approximate surface area is 81.5 Å². The molecule has 0 atom stereocenters. The van der Waals surface area contributed by atoms with E-state index in [2.05, 4.69) is 5.32 Å². The summed E-state index contributed by atoms with van der Waals surface area (Å²) < 4.78 is 28.6. The first-order valence-corrected chi connectivity index (χ1v) is 6.12. The SMILES string of the molecule is CCCCCCS(=O)(=O)O.CNC. The summed E-state index contributed by atoms with van der Waals surface area (Å²) in [5.74, 6) is -0.0903. The molecule has 82 valence electrons. The van der Waals surface area contributed by atoms with Gasteiger partial charge in [0.25, 0.3) is 10.1 Å². The maximum Gasteiger partial charge on any atom is 0.264 e. The van der Waals surface area contributed by atoms with Crippen molar-refractivity contribution >= 4 is 10.1 Å². The lowest BCUT2D eigenvalue weighted by molar-refractivity contribution is 0.479. The summed E-state index contributed by atoms with van der Waals surface area (Å²) in [5, 5.41) is 2.75. The minimum atomic E-state index is -3.70. The average Bonchev–Trinajstić information content (AvgIpc) is 1.98. The zero-order valence-electron chi connectivity index (χ0n) is 8.71. The van der Waals surface area contributed by atoms with Gasteiger partial charge in [0.1, 0.15) is 0 Å². The summed E-state index contributed by atoms with van der Waals surface area (Å²) in [6, 6.07) is 0. The van der Waals surface area contributed by atoms with Crippen molar-refractivity contribution in [1.82, 2.24) is 5.32 Å². The van der Waals surface area contributed by atoms with Crippen molar-refractivity contribution < 1.29 is 13.0 Å². The molecule has 0 fully saturated rings. The van der Waals surface area contributed by atoms with Crippen molar-refractivity contribution in [2.24, 2.45) is 0 Å². The van der Waals surface area contributed by atoms with Crippen molar-refractivity contribution in [3.05, 3.63) is 0 Å². The summed E-state index contributed by atoms with van der Waals surface area (Å²) in [4.78, 5) is 0. The Balaban J connectivity index is 0. The van der Waals surface area contributed by atoms with Crippen LogP contribution in [0.25, 0.3) is 0 Å². The van der Waals surface area contributed by atoms with Gasteiger partial charge in [-0.25, -0.2) is 0 Å². The van der Waals surface area contributed by atoms with E-state index >= 15 is 0 Å². The molecule has 0 heterocycles. The van der Waals surface area contributed by atoms with Gasteiger partial charge in [-0.15, -0.1) is 0 Å². The maximum atomic E-state index is 10.1. The molecule has 13 heavy (non-hydrogen) atoms. The first-order chi connectivity index (χ1) is 5.97. The van der Waals surface area contributed by atoms with E-state index in [9.17, 15) is 8.42 Å². The highest BCUT2D eigenvalue weighted by atomic mass is 32.2. The molecule has 0 saturated carbocycles. The smallest absolute Gasteiger partial charge is 0.264 e. The van der Waals surface area contributed by atoms with Gasteiger partial charge in [-0.2, -0.15) is 8.42 Å². The monoisotopic (exact) mass is 211 g/mol. The van der Waals surface area contributed by atoms with Crippen LogP contribution in [0, 0.1) is 0 Å². The van der Waals surface area contributed by atoms with Gasteiger partial charge in [-0.3, -0.25) is 4.55 Å². The Hall–Kier alpha value is -0.130. The second kappa shape index (κ2) is 9.95. The third kappa shape index (κ3) is 24.5. The largest absolute Gasteiger partial charge is 0.323 e. The number of hydrogen-bond acceptors (Lipinski definition) is 3. The van der Waals surface area contributed by atoms with E-state index < -0.39 is 10.1 Å². The Kier molecular flexibility index (Phi) is 11.8. The van der Waals surface area contributed by atoms with Crippen LogP contribution in [0.5, 0.6) is 0 Å². The van der Waals surface area contributed by atoms with Crippen LogP contribution in [-0.4, -0.2) is 32.8 Å². The van der Waals surface area contributed by atoms with Gasteiger partial charge in [0.15, 0.2) is 0 Å². The molecule has 0 unspecified atom stereocenters. The van der Waals surface area contributed by atoms with Gasteiger partial charge < -0.3 is 5.32 Å². The second-order valence-electron chi connectivity index (χ2n) is 2.85. The third-order valence-electron chi connectivity index (χ3n) is 1.26. The average molecular weight is 211 g/mol. The van der Waals surface area contributed by atoms with Crippen molar-refractivity contribution in [1.29, 1.82) is 0 Å². The fraction of sp³-hybridized carbons (Fsp3) is 1.00. The van der Waals surface area contributed by atoms with Crippen LogP contribution in [-0.2, 0) is 10.1 Å². The predicted octanol–water partition coefficient (Wildman–Crippen LogP) is 1.29. The van der Waals surface area contributed by atoms with Crippen LogP contribution >= 0.6 is 0 Å². The van der Waals surface area contributed by atoms with Gasteiger partial charge in [-0.05, 0) is 20.5 Å². The van der Waals surface area contributed by atoms with Crippen molar-refractivity contribution in [2.75, 3.05) is 19.8 Å². The normalized spacial score (nSPS) is 10.5. The molecule has 0 radical (unpaired) electrons. The third-order valence-corrected chi connectivity index (χ3v) is 2.06. The highest BCUT2D eigenvalue weighted by molar-refractivity contribution is 7.85. The molecule has 0 amide bonds. The van der Waals surface area contributed by atoms with Gasteiger partial charge in [0.2, 0.25) is 0 Å². The summed E-state index contributed by atoms with van der Waals surface area (Å²) in [5.41, 5.74) is 0. The fourth-order valence-corrected chi connectivity index (χ4v) is 1.28. The van der Waals surface area contributed by atoms with Crippen molar-refractivity contribution in [2.45, 2.75) is 32.6 Å². The quantitative estimate of drug-likeness (QED) is 0.531. The van der Waals surface area contributed by atoms with Crippen molar-refractivity contribution in [3.8, 4) is 0 Å².